The number of hydrogen-bond donors (Lipinski definition) is 1. The SMILES string of the molecule is CC1(C)O[C@H]2[C@H]3OC(C)(C)O[C@]3(CO)OC[C@H]2O1. The summed E-state index contributed by atoms with van der Waals surface area (Å²) in [4.78, 5) is 0. The van der Waals surface area contributed by atoms with Crippen LogP contribution in [0.3, 0.4) is 0 Å². The van der Waals surface area contributed by atoms with E-state index >= 15 is 0 Å². The van der Waals surface area contributed by atoms with Crippen LogP contribution in [0, 0.1) is 0 Å². The molecule has 6 nitrogen and oxygen atoms in total. The molecule has 3 rings (SSSR count). The lowest BCUT2D eigenvalue weighted by molar-refractivity contribution is -0.294. The van der Waals surface area contributed by atoms with Gasteiger partial charge in [-0.05, 0) is 27.7 Å². The molecule has 3 fully saturated rings. The van der Waals surface area contributed by atoms with Gasteiger partial charge in [-0.15, -0.1) is 0 Å². The molecule has 0 saturated carbocycles. The predicted octanol–water partition coefficient (Wildman–Crippen LogP) is 0.377. The highest BCUT2D eigenvalue weighted by molar-refractivity contribution is 5.03. The zero-order valence-electron chi connectivity index (χ0n) is 11.1. The van der Waals surface area contributed by atoms with Crippen molar-refractivity contribution in [3.05, 3.63) is 0 Å². The van der Waals surface area contributed by atoms with Crippen LogP contribution in [-0.4, -0.2) is 54.0 Å². The normalized spacial score (nSPS) is 48.8. The van der Waals surface area contributed by atoms with Crippen molar-refractivity contribution in [3.63, 3.8) is 0 Å². The van der Waals surface area contributed by atoms with Crippen molar-refractivity contribution >= 4 is 0 Å². The zero-order chi connectivity index (χ0) is 13.2. The van der Waals surface area contributed by atoms with Crippen molar-refractivity contribution < 1.29 is 28.8 Å². The summed E-state index contributed by atoms with van der Waals surface area (Å²) in [5.74, 6) is -2.62. The monoisotopic (exact) mass is 260 g/mol. The van der Waals surface area contributed by atoms with E-state index in [2.05, 4.69) is 0 Å². The first kappa shape index (κ1) is 12.8. The highest BCUT2D eigenvalue weighted by atomic mass is 16.9. The van der Waals surface area contributed by atoms with Crippen LogP contribution in [0.1, 0.15) is 27.7 Å². The number of fused-ring (bicyclic) bond motifs is 3. The second-order valence-corrected chi connectivity index (χ2v) is 5.96. The molecule has 4 atom stereocenters. The Kier molecular flexibility index (Phi) is 2.59. The zero-order valence-corrected chi connectivity index (χ0v) is 11.1. The third-order valence-electron chi connectivity index (χ3n) is 3.50. The fraction of sp³-hybridized carbons (Fsp3) is 1.00. The molecule has 3 aliphatic heterocycles. The highest BCUT2D eigenvalue weighted by Gasteiger charge is 2.65. The topological polar surface area (TPSA) is 66.4 Å². The Balaban J connectivity index is 1.90. The van der Waals surface area contributed by atoms with Gasteiger partial charge in [0.2, 0.25) is 5.79 Å². The van der Waals surface area contributed by atoms with E-state index < -0.39 is 23.5 Å². The van der Waals surface area contributed by atoms with Gasteiger partial charge < -0.3 is 28.8 Å². The standard InChI is InChI=1S/C12H20O6/c1-10(2)15-7-5-14-12(6-13)9(8(7)16-10)17-11(3,4)18-12/h7-9,13H,5-6H2,1-4H3/t7-,8-,9-,12+/m1/s1. The van der Waals surface area contributed by atoms with E-state index in [9.17, 15) is 5.11 Å². The summed E-state index contributed by atoms with van der Waals surface area (Å²) in [5, 5.41) is 9.61. The third kappa shape index (κ3) is 1.79. The molecule has 0 radical (unpaired) electrons. The van der Waals surface area contributed by atoms with E-state index in [0.717, 1.165) is 0 Å². The average Bonchev–Trinajstić information content (AvgIpc) is 2.70. The van der Waals surface area contributed by atoms with Gasteiger partial charge in [0.15, 0.2) is 11.6 Å². The fourth-order valence-electron chi connectivity index (χ4n) is 2.96. The Morgan fingerprint density at radius 1 is 1.06 bits per heavy atom. The summed E-state index contributed by atoms with van der Waals surface area (Å²) in [5.41, 5.74) is 0. The molecule has 0 aromatic carbocycles. The van der Waals surface area contributed by atoms with Crippen LogP contribution in [-0.2, 0) is 23.7 Å². The second kappa shape index (κ2) is 3.65. The van der Waals surface area contributed by atoms with Crippen LogP contribution in [0.4, 0.5) is 0 Å². The molecule has 0 amide bonds. The van der Waals surface area contributed by atoms with Gasteiger partial charge in [-0.25, -0.2) is 0 Å². The molecule has 104 valence electrons. The van der Waals surface area contributed by atoms with Crippen molar-refractivity contribution in [1.29, 1.82) is 0 Å². The van der Waals surface area contributed by atoms with Crippen molar-refractivity contribution in [2.75, 3.05) is 13.2 Å². The van der Waals surface area contributed by atoms with Gasteiger partial charge in [-0.3, -0.25) is 0 Å². The van der Waals surface area contributed by atoms with Crippen molar-refractivity contribution in [2.45, 2.75) is 63.4 Å². The van der Waals surface area contributed by atoms with Crippen molar-refractivity contribution in [1.82, 2.24) is 0 Å². The smallest absolute Gasteiger partial charge is 0.224 e. The largest absolute Gasteiger partial charge is 0.391 e. The maximum absolute atomic E-state index is 9.61. The number of aliphatic hydroxyl groups is 1. The summed E-state index contributed by atoms with van der Waals surface area (Å²) in [6.45, 7) is 7.35. The van der Waals surface area contributed by atoms with Gasteiger partial charge in [0.05, 0.1) is 6.61 Å². The van der Waals surface area contributed by atoms with Crippen molar-refractivity contribution in [2.24, 2.45) is 0 Å². The Labute approximate surface area is 106 Å². The molecule has 18 heavy (non-hydrogen) atoms. The van der Waals surface area contributed by atoms with E-state index in [1.807, 2.05) is 13.8 Å². The summed E-state index contributed by atoms with van der Waals surface area (Å²) < 4.78 is 28.9. The average molecular weight is 260 g/mol. The van der Waals surface area contributed by atoms with Crippen molar-refractivity contribution in [3.8, 4) is 0 Å². The molecular formula is C12H20O6. The van der Waals surface area contributed by atoms with E-state index in [1.54, 1.807) is 13.8 Å². The van der Waals surface area contributed by atoms with E-state index in [1.165, 1.54) is 0 Å². The highest BCUT2D eigenvalue weighted by Crippen LogP contribution is 2.47. The molecule has 3 heterocycles. The first-order valence-corrected chi connectivity index (χ1v) is 6.25. The minimum Gasteiger partial charge on any atom is -0.391 e. The lowest BCUT2D eigenvalue weighted by Gasteiger charge is -2.39. The lowest BCUT2D eigenvalue weighted by atomic mass is 9.98. The number of ether oxygens (including phenoxy) is 5. The van der Waals surface area contributed by atoms with Crippen LogP contribution in [0.25, 0.3) is 0 Å². The van der Waals surface area contributed by atoms with Gasteiger partial charge in [0.25, 0.3) is 0 Å². The number of hydrogen-bond acceptors (Lipinski definition) is 6. The van der Waals surface area contributed by atoms with Crippen LogP contribution in [0.15, 0.2) is 0 Å². The first-order chi connectivity index (χ1) is 8.27. The third-order valence-corrected chi connectivity index (χ3v) is 3.50. The summed E-state index contributed by atoms with van der Waals surface area (Å²) >= 11 is 0. The molecule has 0 aromatic heterocycles. The van der Waals surface area contributed by atoms with Gasteiger partial charge in [0, 0.05) is 0 Å². The van der Waals surface area contributed by atoms with Gasteiger partial charge in [0.1, 0.15) is 24.9 Å². The van der Waals surface area contributed by atoms with Crippen LogP contribution in [0.2, 0.25) is 0 Å². The van der Waals surface area contributed by atoms with Crippen LogP contribution < -0.4 is 0 Å². The Morgan fingerprint density at radius 3 is 2.44 bits per heavy atom. The molecule has 3 saturated heterocycles. The van der Waals surface area contributed by atoms with Gasteiger partial charge in [-0.1, -0.05) is 0 Å². The molecule has 0 aliphatic carbocycles. The molecule has 0 aromatic rings. The van der Waals surface area contributed by atoms with Crippen LogP contribution in [0.5, 0.6) is 0 Å². The van der Waals surface area contributed by atoms with Gasteiger partial charge >= 0.3 is 0 Å². The molecule has 1 N–H and O–H groups in total. The minimum atomic E-state index is -1.14. The van der Waals surface area contributed by atoms with E-state index in [0.29, 0.717) is 6.61 Å². The van der Waals surface area contributed by atoms with E-state index in [-0.39, 0.29) is 18.8 Å². The summed E-state index contributed by atoms with van der Waals surface area (Å²) in [7, 11) is 0. The molecule has 6 heteroatoms. The lowest BCUT2D eigenvalue weighted by Crippen LogP contribution is -2.60. The first-order valence-electron chi connectivity index (χ1n) is 6.25. The Hall–Kier alpha value is -0.240. The Morgan fingerprint density at radius 2 is 1.78 bits per heavy atom. The molecule has 0 unspecified atom stereocenters. The molecule has 3 aliphatic rings. The van der Waals surface area contributed by atoms with Crippen LogP contribution >= 0.6 is 0 Å². The van der Waals surface area contributed by atoms with E-state index in [4.69, 9.17) is 23.7 Å². The van der Waals surface area contributed by atoms with Gasteiger partial charge in [-0.2, -0.15) is 0 Å². The summed E-state index contributed by atoms with van der Waals surface area (Å²) in [6.07, 6.45) is -0.970. The Bertz CT molecular complexity index is 354. The maximum Gasteiger partial charge on any atom is 0.224 e. The molecular weight excluding hydrogens is 240 g/mol. The maximum atomic E-state index is 9.61. The minimum absolute atomic E-state index is 0.192. The fourth-order valence-corrected chi connectivity index (χ4v) is 2.96. The number of rotatable bonds is 1. The molecule has 0 spiro atoms. The predicted molar refractivity (Wildman–Crippen MR) is 59.6 cm³/mol. The quantitative estimate of drug-likeness (QED) is 0.735. The summed E-state index contributed by atoms with van der Waals surface area (Å²) in [6, 6.07) is 0. The number of aliphatic hydroxyl groups excluding tert-OH is 1. The molecule has 0 bridgehead atoms. The second-order valence-electron chi connectivity index (χ2n) is 5.96.